The van der Waals surface area contributed by atoms with Gasteiger partial charge in [-0.05, 0) is 42.2 Å². The highest BCUT2D eigenvalue weighted by molar-refractivity contribution is 5.96. The molecule has 2 aromatic carbocycles. The zero-order chi connectivity index (χ0) is 14.3. The quantitative estimate of drug-likeness (QED) is 0.835. The van der Waals surface area contributed by atoms with Gasteiger partial charge in [0.25, 0.3) is 0 Å². The normalized spacial score (nSPS) is 17.6. The zero-order valence-electron chi connectivity index (χ0n) is 11.5. The van der Waals surface area contributed by atoms with Crippen LogP contribution in [0.4, 0.5) is 10.1 Å². The van der Waals surface area contributed by atoms with Crippen LogP contribution in [0.15, 0.2) is 36.4 Å². The van der Waals surface area contributed by atoms with Crippen molar-refractivity contribution in [1.82, 2.24) is 0 Å². The second-order valence-electron chi connectivity index (χ2n) is 5.30. The Labute approximate surface area is 117 Å². The molecule has 1 amide bonds. The van der Waals surface area contributed by atoms with E-state index in [0.717, 1.165) is 22.4 Å². The van der Waals surface area contributed by atoms with Crippen LogP contribution in [-0.4, -0.2) is 5.91 Å². The molecule has 3 rings (SSSR count). The van der Waals surface area contributed by atoms with Crippen LogP contribution in [-0.2, 0) is 4.79 Å². The second kappa shape index (κ2) is 4.75. The van der Waals surface area contributed by atoms with Gasteiger partial charge in [-0.25, -0.2) is 4.39 Å². The van der Waals surface area contributed by atoms with E-state index in [2.05, 4.69) is 5.32 Å². The number of fused-ring (bicyclic) bond motifs is 1. The van der Waals surface area contributed by atoms with Gasteiger partial charge in [-0.2, -0.15) is 0 Å². The minimum Gasteiger partial charge on any atom is -0.326 e. The van der Waals surface area contributed by atoms with Crippen molar-refractivity contribution in [2.75, 3.05) is 5.32 Å². The van der Waals surface area contributed by atoms with Crippen LogP contribution < -0.4 is 5.32 Å². The van der Waals surface area contributed by atoms with Gasteiger partial charge < -0.3 is 5.32 Å². The van der Waals surface area contributed by atoms with E-state index >= 15 is 0 Å². The lowest BCUT2D eigenvalue weighted by molar-refractivity contribution is -0.116. The number of anilines is 1. The van der Waals surface area contributed by atoms with E-state index in [4.69, 9.17) is 0 Å². The molecule has 0 saturated carbocycles. The second-order valence-corrected chi connectivity index (χ2v) is 5.30. The molecular formula is C17H16FNO. The molecule has 0 saturated heterocycles. The number of hydrogen-bond acceptors (Lipinski definition) is 1. The fourth-order valence-corrected chi connectivity index (χ4v) is 2.81. The molecule has 0 bridgehead atoms. The Morgan fingerprint density at radius 3 is 2.60 bits per heavy atom. The average Bonchev–Trinajstić information content (AvgIpc) is 2.43. The number of hydrogen-bond donors (Lipinski definition) is 1. The maximum atomic E-state index is 14.0. The number of aryl methyl sites for hydroxylation is 1. The number of halogens is 1. The van der Waals surface area contributed by atoms with Crippen LogP contribution in [0.1, 0.15) is 34.6 Å². The van der Waals surface area contributed by atoms with Crippen molar-refractivity contribution < 1.29 is 9.18 Å². The van der Waals surface area contributed by atoms with E-state index in [1.54, 1.807) is 12.1 Å². The van der Waals surface area contributed by atoms with E-state index < -0.39 is 0 Å². The van der Waals surface area contributed by atoms with Crippen LogP contribution >= 0.6 is 0 Å². The Balaban J connectivity index is 2.19. The molecule has 2 nitrogen and oxygen atoms in total. The highest BCUT2D eigenvalue weighted by atomic mass is 19.1. The van der Waals surface area contributed by atoms with Crippen molar-refractivity contribution in [2.45, 2.75) is 26.2 Å². The molecule has 0 radical (unpaired) electrons. The summed E-state index contributed by atoms with van der Waals surface area (Å²) in [4.78, 5) is 12.0. The molecule has 0 aliphatic carbocycles. The van der Waals surface area contributed by atoms with Gasteiger partial charge in [-0.15, -0.1) is 0 Å². The Morgan fingerprint density at radius 2 is 1.85 bits per heavy atom. The fraction of sp³-hybridized carbons (Fsp3) is 0.235. The standard InChI is InChI=1S/C17H16FNO/c1-10-7-8-13-14(12-5-3-4-6-15(12)18)9-16(20)19-17(13)11(10)2/h3-8,14H,9H2,1-2H3,(H,19,20). The van der Waals surface area contributed by atoms with Crippen molar-refractivity contribution in [3.05, 3.63) is 64.5 Å². The molecule has 0 spiro atoms. The van der Waals surface area contributed by atoms with Crippen molar-refractivity contribution in [2.24, 2.45) is 0 Å². The first-order valence-corrected chi connectivity index (χ1v) is 6.72. The fourth-order valence-electron chi connectivity index (χ4n) is 2.81. The van der Waals surface area contributed by atoms with Gasteiger partial charge in [-0.3, -0.25) is 4.79 Å². The van der Waals surface area contributed by atoms with Gasteiger partial charge in [0.1, 0.15) is 5.82 Å². The maximum Gasteiger partial charge on any atom is 0.225 e. The first-order chi connectivity index (χ1) is 9.58. The molecule has 3 heteroatoms. The number of amides is 1. The smallest absolute Gasteiger partial charge is 0.225 e. The SMILES string of the molecule is Cc1ccc2c(c1C)NC(=O)CC2c1ccccc1F. The molecule has 1 heterocycles. The van der Waals surface area contributed by atoms with Crippen molar-refractivity contribution >= 4 is 11.6 Å². The van der Waals surface area contributed by atoms with Gasteiger partial charge in [0.05, 0.1) is 0 Å². The third-order valence-electron chi connectivity index (χ3n) is 4.08. The Bertz CT molecular complexity index is 693. The van der Waals surface area contributed by atoms with Crippen LogP contribution in [0.25, 0.3) is 0 Å². The summed E-state index contributed by atoms with van der Waals surface area (Å²) in [6.45, 7) is 3.99. The predicted octanol–water partition coefficient (Wildman–Crippen LogP) is 3.92. The Kier molecular flexibility index (Phi) is 3.05. The molecule has 1 aliphatic heterocycles. The molecule has 1 N–H and O–H groups in total. The summed E-state index contributed by atoms with van der Waals surface area (Å²) < 4.78 is 14.0. The van der Waals surface area contributed by atoms with Gasteiger partial charge in [-0.1, -0.05) is 30.3 Å². The summed E-state index contributed by atoms with van der Waals surface area (Å²) in [5.74, 6) is -0.518. The summed E-state index contributed by atoms with van der Waals surface area (Å²) >= 11 is 0. The molecule has 102 valence electrons. The molecule has 1 atom stereocenters. The van der Waals surface area contributed by atoms with Crippen molar-refractivity contribution in [1.29, 1.82) is 0 Å². The number of rotatable bonds is 1. The molecule has 2 aromatic rings. The summed E-state index contributed by atoms with van der Waals surface area (Å²) in [6, 6.07) is 10.7. The van der Waals surface area contributed by atoms with E-state index in [0.29, 0.717) is 5.56 Å². The van der Waals surface area contributed by atoms with Crippen LogP contribution in [0.2, 0.25) is 0 Å². The van der Waals surface area contributed by atoms with Crippen molar-refractivity contribution in [3.8, 4) is 0 Å². The van der Waals surface area contributed by atoms with Gasteiger partial charge in [0, 0.05) is 18.0 Å². The van der Waals surface area contributed by atoms with Crippen molar-refractivity contribution in [3.63, 3.8) is 0 Å². The lowest BCUT2D eigenvalue weighted by Crippen LogP contribution is -2.25. The Morgan fingerprint density at radius 1 is 1.10 bits per heavy atom. The number of carbonyl (C=O) groups excluding carboxylic acids is 1. The summed E-state index contributed by atoms with van der Waals surface area (Å²) in [6.07, 6.45) is 0.288. The number of carbonyl (C=O) groups is 1. The number of benzene rings is 2. The first-order valence-electron chi connectivity index (χ1n) is 6.72. The van der Waals surface area contributed by atoms with E-state index in [1.807, 2.05) is 32.0 Å². The highest BCUT2D eigenvalue weighted by Crippen LogP contribution is 2.40. The molecule has 1 unspecified atom stereocenters. The molecule has 0 fully saturated rings. The van der Waals surface area contributed by atoms with Crippen LogP contribution in [0, 0.1) is 19.7 Å². The molecular weight excluding hydrogens is 253 g/mol. The zero-order valence-corrected chi connectivity index (χ0v) is 11.5. The summed E-state index contributed by atoms with van der Waals surface area (Å²) in [7, 11) is 0. The van der Waals surface area contributed by atoms with Gasteiger partial charge >= 0.3 is 0 Å². The van der Waals surface area contributed by atoms with Gasteiger partial charge in [0.2, 0.25) is 5.91 Å². The third kappa shape index (κ3) is 1.99. The van der Waals surface area contributed by atoms with E-state index in [-0.39, 0.29) is 24.1 Å². The summed E-state index contributed by atoms with van der Waals surface area (Å²) in [5.41, 5.74) is 4.61. The van der Waals surface area contributed by atoms with E-state index in [1.165, 1.54) is 6.07 Å². The highest BCUT2D eigenvalue weighted by Gasteiger charge is 2.29. The van der Waals surface area contributed by atoms with E-state index in [9.17, 15) is 9.18 Å². The monoisotopic (exact) mass is 269 g/mol. The molecule has 20 heavy (non-hydrogen) atoms. The topological polar surface area (TPSA) is 29.1 Å². The first kappa shape index (κ1) is 12.9. The maximum absolute atomic E-state index is 14.0. The Hall–Kier alpha value is -2.16. The molecule has 0 aromatic heterocycles. The molecule has 1 aliphatic rings. The van der Waals surface area contributed by atoms with Crippen LogP contribution in [0.5, 0.6) is 0 Å². The lowest BCUT2D eigenvalue weighted by Gasteiger charge is -2.28. The van der Waals surface area contributed by atoms with Crippen LogP contribution in [0.3, 0.4) is 0 Å². The minimum atomic E-state index is -0.253. The lowest BCUT2D eigenvalue weighted by atomic mass is 9.82. The predicted molar refractivity (Wildman–Crippen MR) is 77.4 cm³/mol. The van der Waals surface area contributed by atoms with Gasteiger partial charge in [0.15, 0.2) is 0 Å². The number of nitrogens with one attached hydrogen (secondary N) is 1. The minimum absolute atomic E-state index is 0.0561. The summed E-state index contributed by atoms with van der Waals surface area (Å²) in [5, 5.41) is 2.93. The third-order valence-corrected chi connectivity index (χ3v) is 4.08. The largest absolute Gasteiger partial charge is 0.326 e. The average molecular weight is 269 g/mol.